The molecule has 1 heterocycles. The van der Waals surface area contributed by atoms with Crippen LogP contribution in [0.2, 0.25) is 0 Å². The summed E-state index contributed by atoms with van der Waals surface area (Å²) in [6.45, 7) is 9.87. The predicted molar refractivity (Wildman–Crippen MR) is 91.5 cm³/mol. The van der Waals surface area contributed by atoms with E-state index in [-0.39, 0.29) is 24.2 Å². The van der Waals surface area contributed by atoms with Crippen molar-refractivity contribution < 1.29 is 14.3 Å². The molecule has 0 unspecified atom stereocenters. The summed E-state index contributed by atoms with van der Waals surface area (Å²) in [6.07, 6.45) is 3.73. The Morgan fingerprint density at radius 1 is 1.25 bits per heavy atom. The molecule has 0 aliphatic rings. The van der Waals surface area contributed by atoms with Crippen LogP contribution in [0.25, 0.3) is 0 Å². The summed E-state index contributed by atoms with van der Waals surface area (Å²) in [5, 5.41) is 10.8. The lowest BCUT2D eigenvalue weighted by Gasteiger charge is -2.06. The Labute approximate surface area is 144 Å². The van der Waals surface area contributed by atoms with Gasteiger partial charge in [-0.25, -0.2) is 4.68 Å². The van der Waals surface area contributed by atoms with Crippen molar-refractivity contribution in [3.63, 3.8) is 0 Å². The Hall–Kier alpha value is -1.76. The van der Waals surface area contributed by atoms with Crippen molar-refractivity contribution in [1.29, 1.82) is 0 Å². The minimum absolute atomic E-state index is 0.0637. The molecule has 0 fully saturated rings. The van der Waals surface area contributed by atoms with Crippen LogP contribution in [0.3, 0.4) is 0 Å². The van der Waals surface area contributed by atoms with Gasteiger partial charge in [-0.05, 0) is 12.3 Å². The zero-order chi connectivity index (χ0) is 17.9. The molecule has 0 atom stereocenters. The monoisotopic (exact) mass is 338 g/mol. The molecular weight excluding hydrogens is 308 g/mol. The Balaban J connectivity index is 2.16. The summed E-state index contributed by atoms with van der Waals surface area (Å²) in [6, 6.07) is 0. The van der Waals surface area contributed by atoms with Crippen molar-refractivity contribution in [2.75, 3.05) is 19.8 Å². The SMILES string of the molecule is CC(C)CNC(=O)Cn1cc(CCOCCCC(=O)C(C)C)nn1. The van der Waals surface area contributed by atoms with Crippen molar-refractivity contribution in [3.8, 4) is 0 Å². The van der Waals surface area contributed by atoms with Crippen molar-refractivity contribution in [1.82, 2.24) is 20.3 Å². The number of aromatic nitrogens is 3. The third kappa shape index (κ3) is 8.76. The highest BCUT2D eigenvalue weighted by Gasteiger charge is 2.08. The van der Waals surface area contributed by atoms with E-state index in [2.05, 4.69) is 15.6 Å². The summed E-state index contributed by atoms with van der Waals surface area (Å²) in [5.74, 6) is 0.731. The van der Waals surface area contributed by atoms with Crippen molar-refractivity contribution in [2.24, 2.45) is 11.8 Å². The molecule has 1 aromatic heterocycles. The molecule has 0 aliphatic heterocycles. The van der Waals surface area contributed by atoms with E-state index in [1.165, 1.54) is 4.68 Å². The van der Waals surface area contributed by atoms with Gasteiger partial charge in [0.2, 0.25) is 5.91 Å². The van der Waals surface area contributed by atoms with Gasteiger partial charge in [-0.1, -0.05) is 32.9 Å². The summed E-state index contributed by atoms with van der Waals surface area (Å²) >= 11 is 0. The molecule has 24 heavy (non-hydrogen) atoms. The van der Waals surface area contributed by atoms with Crippen LogP contribution >= 0.6 is 0 Å². The van der Waals surface area contributed by atoms with Gasteiger partial charge in [0.05, 0.1) is 12.3 Å². The van der Waals surface area contributed by atoms with Gasteiger partial charge in [-0.3, -0.25) is 9.59 Å². The topological polar surface area (TPSA) is 86.1 Å². The van der Waals surface area contributed by atoms with Gasteiger partial charge < -0.3 is 10.1 Å². The van der Waals surface area contributed by atoms with Crippen molar-refractivity contribution in [2.45, 2.75) is 53.5 Å². The average molecular weight is 338 g/mol. The predicted octanol–water partition coefficient (Wildman–Crippen LogP) is 1.61. The number of nitrogens with zero attached hydrogens (tertiary/aromatic N) is 3. The van der Waals surface area contributed by atoms with Gasteiger partial charge in [-0.2, -0.15) is 0 Å². The number of hydrogen-bond acceptors (Lipinski definition) is 5. The van der Waals surface area contributed by atoms with Crippen LogP contribution in [-0.2, 0) is 27.3 Å². The first-order valence-corrected chi connectivity index (χ1v) is 8.64. The lowest BCUT2D eigenvalue weighted by molar-refractivity contribution is -0.122. The van der Waals surface area contributed by atoms with Gasteiger partial charge >= 0.3 is 0 Å². The second-order valence-electron chi connectivity index (χ2n) is 6.69. The molecule has 0 saturated carbocycles. The quantitative estimate of drug-likeness (QED) is 0.585. The molecule has 136 valence electrons. The van der Waals surface area contributed by atoms with E-state index < -0.39 is 0 Å². The summed E-state index contributed by atoms with van der Waals surface area (Å²) < 4.78 is 7.05. The summed E-state index contributed by atoms with van der Waals surface area (Å²) in [5.41, 5.74) is 0.796. The first kappa shape index (κ1) is 20.3. The molecule has 1 aromatic rings. The van der Waals surface area contributed by atoms with Crippen LogP contribution < -0.4 is 5.32 Å². The fourth-order valence-electron chi connectivity index (χ4n) is 1.97. The normalized spacial score (nSPS) is 11.2. The van der Waals surface area contributed by atoms with Crippen LogP contribution in [0.5, 0.6) is 0 Å². The second kappa shape index (κ2) is 10.9. The Kier molecular flexibility index (Phi) is 9.22. The molecule has 0 aliphatic carbocycles. The molecular formula is C17H30N4O3. The van der Waals surface area contributed by atoms with Crippen LogP contribution in [0.15, 0.2) is 6.20 Å². The number of Topliss-reactive ketones (excluding diaryl/α,β-unsaturated/α-hetero) is 1. The minimum Gasteiger partial charge on any atom is -0.381 e. The zero-order valence-corrected chi connectivity index (χ0v) is 15.2. The van der Waals surface area contributed by atoms with Crippen LogP contribution in [0, 0.1) is 11.8 Å². The van der Waals surface area contributed by atoms with Gasteiger partial charge in [0.15, 0.2) is 0 Å². The molecule has 0 bridgehead atoms. The minimum atomic E-state index is -0.0637. The van der Waals surface area contributed by atoms with Crippen molar-refractivity contribution >= 4 is 11.7 Å². The maximum Gasteiger partial charge on any atom is 0.241 e. The lowest BCUT2D eigenvalue weighted by Crippen LogP contribution is -2.30. The van der Waals surface area contributed by atoms with Gasteiger partial charge in [-0.15, -0.1) is 5.10 Å². The number of ketones is 1. The maximum atomic E-state index is 11.7. The molecule has 0 aromatic carbocycles. The molecule has 1 N–H and O–H groups in total. The Morgan fingerprint density at radius 2 is 2.00 bits per heavy atom. The van der Waals surface area contributed by atoms with E-state index in [9.17, 15) is 9.59 Å². The molecule has 0 spiro atoms. The van der Waals surface area contributed by atoms with E-state index in [4.69, 9.17) is 4.74 Å². The number of carbonyl (C=O) groups is 2. The first-order valence-electron chi connectivity index (χ1n) is 8.64. The van der Waals surface area contributed by atoms with E-state index in [1.807, 2.05) is 27.7 Å². The molecule has 7 heteroatoms. The van der Waals surface area contributed by atoms with E-state index >= 15 is 0 Å². The summed E-state index contributed by atoms with van der Waals surface area (Å²) in [7, 11) is 0. The number of nitrogens with one attached hydrogen (secondary N) is 1. The lowest BCUT2D eigenvalue weighted by atomic mass is 10.1. The standard InChI is InChI=1S/C17H30N4O3/c1-13(2)10-18-17(23)12-21-11-15(19-20-21)7-9-24-8-5-6-16(22)14(3)4/h11,13-14H,5-10,12H2,1-4H3,(H,18,23). The molecule has 7 nitrogen and oxygen atoms in total. The van der Waals surface area contributed by atoms with Crippen LogP contribution in [0.1, 0.15) is 46.2 Å². The number of ether oxygens (including phenoxy) is 1. The molecule has 1 amide bonds. The van der Waals surface area contributed by atoms with Crippen LogP contribution in [-0.4, -0.2) is 46.4 Å². The highest BCUT2D eigenvalue weighted by Crippen LogP contribution is 2.02. The van der Waals surface area contributed by atoms with E-state index in [1.54, 1.807) is 6.20 Å². The Morgan fingerprint density at radius 3 is 2.67 bits per heavy atom. The second-order valence-corrected chi connectivity index (χ2v) is 6.69. The highest BCUT2D eigenvalue weighted by atomic mass is 16.5. The van der Waals surface area contributed by atoms with E-state index in [0.29, 0.717) is 38.5 Å². The van der Waals surface area contributed by atoms with E-state index in [0.717, 1.165) is 12.1 Å². The highest BCUT2D eigenvalue weighted by molar-refractivity contribution is 5.80. The molecule has 0 saturated heterocycles. The largest absolute Gasteiger partial charge is 0.381 e. The summed E-state index contributed by atoms with van der Waals surface area (Å²) in [4.78, 5) is 23.2. The van der Waals surface area contributed by atoms with Gasteiger partial charge in [0, 0.05) is 38.1 Å². The van der Waals surface area contributed by atoms with Crippen LogP contribution in [0.4, 0.5) is 0 Å². The molecule has 0 radical (unpaired) electrons. The fourth-order valence-corrected chi connectivity index (χ4v) is 1.97. The fraction of sp³-hybridized carbons (Fsp3) is 0.765. The third-order valence-corrected chi connectivity index (χ3v) is 3.46. The average Bonchev–Trinajstić information content (AvgIpc) is 2.95. The maximum absolute atomic E-state index is 11.7. The molecule has 1 rings (SSSR count). The number of hydrogen-bond donors (Lipinski definition) is 1. The van der Waals surface area contributed by atoms with Crippen molar-refractivity contribution in [3.05, 3.63) is 11.9 Å². The Bertz CT molecular complexity index is 512. The first-order chi connectivity index (χ1) is 11.4. The number of amides is 1. The van der Waals surface area contributed by atoms with Gasteiger partial charge in [0.25, 0.3) is 0 Å². The van der Waals surface area contributed by atoms with Gasteiger partial charge in [0.1, 0.15) is 12.3 Å². The number of rotatable bonds is 12. The number of carbonyl (C=O) groups excluding carboxylic acids is 2. The zero-order valence-electron chi connectivity index (χ0n) is 15.2. The third-order valence-electron chi connectivity index (χ3n) is 3.46. The smallest absolute Gasteiger partial charge is 0.241 e.